The molecule has 2 aliphatic rings. The Bertz CT molecular complexity index is 216. The van der Waals surface area contributed by atoms with Crippen LogP contribution < -0.4 is 0 Å². The zero-order valence-electron chi connectivity index (χ0n) is 11.0. The Morgan fingerprint density at radius 1 is 0.875 bits per heavy atom. The summed E-state index contributed by atoms with van der Waals surface area (Å²) in [6.07, 6.45) is 19.7. The zero-order valence-corrected chi connectivity index (χ0v) is 11.0. The molecule has 0 radical (unpaired) electrons. The van der Waals surface area contributed by atoms with E-state index in [0.29, 0.717) is 0 Å². The SMILES string of the molecule is CCCCCCCCCC1CC2C=CC1C2. The Labute approximate surface area is 102 Å². The molecule has 2 bridgehead atoms. The van der Waals surface area contributed by atoms with Crippen molar-refractivity contribution in [1.29, 1.82) is 0 Å². The maximum absolute atomic E-state index is 2.50. The number of rotatable bonds is 8. The van der Waals surface area contributed by atoms with Crippen LogP contribution >= 0.6 is 0 Å². The highest BCUT2D eigenvalue weighted by atomic mass is 14.4. The lowest BCUT2D eigenvalue weighted by molar-refractivity contribution is 0.393. The molecule has 1 fully saturated rings. The third-order valence-electron chi connectivity index (χ3n) is 4.59. The molecule has 0 aromatic rings. The normalized spacial score (nSPS) is 31.4. The second kappa shape index (κ2) is 6.47. The van der Waals surface area contributed by atoms with Crippen LogP contribution in [0.2, 0.25) is 0 Å². The van der Waals surface area contributed by atoms with E-state index in [-0.39, 0.29) is 0 Å². The first kappa shape index (κ1) is 12.2. The van der Waals surface area contributed by atoms with Crippen molar-refractivity contribution in [3.63, 3.8) is 0 Å². The summed E-state index contributed by atoms with van der Waals surface area (Å²) >= 11 is 0. The van der Waals surface area contributed by atoms with E-state index in [9.17, 15) is 0 Å². The molecular weight excluding hydrogens is 192 g/mol. The summed E-state index contributed by atoms with van der Waals surface area (Å²) in [5.41, 5.74) is 0. The van der Waals surface area contributed by atoms with Crippen LogP contribution in [0.5, 0.6) is 0 Å². The van der Waals surface area contributed by atoms with Crippen LogP contribution in [0.1, 0.15) is 71.1 Å². The van der Waals surface area contributed by atoms with E-state index in [4.69, 9.17) is 0 Å². The number of unbranched alkanes of at least 4 members (excludes halogenated alkanes) is 6. The van der Waals surface area contributed by atoms with Crippen LogP contribution in [0.4, 0.5) is 0 Å². The largest absolute Gasteiger partial charge is 0.0851 e. The molecule has 92 valence electrons. The molecule has 0 aliphatic heterocycles. The fourth-order valence-electron chi connectivity index (χ4n) is 3.59. The van der Waals surface area contributed by atoms with Gasteiger partial charge in [0.2, 0.25) is 0 Å². The van der Waals surface area contributed by atoms with Gasteiger partial charge in [0.15, 0.2) is 0 Å². The van der Waals surface area contributed by atoms with Crippen LogP contribution in [0.25, 0.3) is 0 Å². The van der Waals surface area contributed by atoms with Gasteiger partial charge in [-0.15, -0.1) is 0 Å². The summed E-state index contributed by atoms with van der Waals surface area (Å²) < 4.78 is 0. The van der Waals surface area contributed by atoms with E-state index in [0.717, 1.165) is 17.8 Å². The van der Waals surface area contributed by atoms with E-state index in [1.807, 2.05) is 0 Å². The van der Waals surface area contributed by atoms with Crippen molar-refractivity contribution in [2.24, 2.45) is 17.8 Å². The number of allylic oxidation sites excluding steroid dienone is 2. The van der Waals surface area contributed by atoms with Gasteiger partial charge >= 0.3 is 0 Å². The number of fused-ring (bicyclic) bond motifs is 2. The van der Waals surface area contributed by atoms with Crippen LogP contribution in [0, 0.1) is 17.8 Å². The highest BCUT2D eigenvalue weighted by Crippen LogP contribution is 2.45. The summed E-state index contributed by atoms with van der Waals surface area (Å²) in [7, 11) is 0. The molecule has 1 saturated carbocycles. The van der Waals surface area contributed by atoms with Gasteiger partial charge in [-0.2, -0.15) is 0 Å². The number of hydrogen-bond acceptors (Lipinski definition) is 0. The Kier molecular flexibility index (Phi) is 4.93. The maximum Gasteiger partial charge on any atom is -0.0199 e. The minimum Gasteiger partial charge on any atom is -0.0851 e. The van der Waals surface area contributed by atoms with Gasteiger partial charge in [-0.25, -0.2) is 0 Å². The average Bonchev–Trinajstić information content (AvgIpc) is 2.90. The van der Waals surface area contributed by atoms with Crippen LogP contribution in [0.15, 0.2) is 12.2 Å². The van der Waals surface area contributed by atoms with Crippen molar-refractivity contribution in [3.8, 4) is 0 Å². The molecule has 2 rings (SSSR count). The Hall–Kier alpha value is -0.260. The molecule has 0 aromatic heterocycles. The highest BCUT2D eigenvalue weighted by molar-refractivity contribution is 5.09. The first-order valence-corrected chi connectivity index (χ1v) is 7.58. The maximum atomic E-state index is 2.50. The lowest BCUT2D eigenvalue weighted by Gasteiger charge is -2.17. The van der Waals surface area contributed by atoms with E-state index >= 15 is 0 Å². The second-order valence-electron chi connectivity index (χ2n) is 5.95. The zero-order chi connectivity index (χ0) is 11.2. The summed E-state index contributed by atoms with van der Waals surface area (Å²) in [6.45, 7) is 2.29. The molecule has 3 unspecified atom stereocenters. The van der Waals surface area contributed by atoms with Gasteiger partial charge in [0.1, 0.15) is 0 Å². The third kappa shape index (κ3) is 3.37. The van der Waals surface area contributed by atoms with Crippen molar-refractivity contribution in [2.45, 2.75) is 71.1 Å². The topological polar surface area (TPSA) is 0 Å². The lowest BCUT2D eigenvalue weighted by Crippen LogP contribution is -2.06. The van der Waals surface area contributed by atoms with Crippen molar-refractivity contribution >= 4 is 0 Å². The quantitative estimate of drug-likeness (QED) is 0.382. The first-order valence-electron chi connectivity index (χ1n) is 7.58. The van der Waals surface area contributed by atoms with Gasteiger partial charge in [0.25, 0.3) is 0 Å². The number of hydrogen-bond donors (Lipinski definition) is 0. The van der Waals surface area contributed by atoms with E-state index in [2.05, 4.69) is 19.1 Å². The minimum atomic E-state index is 0.972. The van der Waals surface area contributed by atoms with Crippen molar-refractivity contribution in [3.05, 3.63) is 12.2 Å². The lowest BCUT2D eigenvalue weighted by atomic mass is 9.88. The van der Waals surface area contributed by atoms with Gasteiger partial charge in [-0.1, -0.05) is 64.0 Å². The van der Waals surface area contributed by atoms with Gasteiger partial charge in [-0.05, 0) is 37.0 Å². The Morgan fingerprint density at radius 2 is 1.62 bits per heavy atom. The molecule has 2 aliphatic carbocycles. The molecular formula is C16H28. The van der Waals surface area contributed by atoms with Gasteiger partial charge in [-0.3, -0.25) is 0 Å². The molecule has 16 heavy (non-hydrogen) atoms. The van der Waals surface area contributed by atoms with Gasteiger partial charge < -0.3 is 0 Å². The summed E-state index contributed by atoms with van der Waals surface area (Å²) in [4.78, 5) is 0. The molecule has 0 heteroatoms. The molecule has 3 atom stereocenters. The summed E-state index contributed by atoms with van der Waals surface area (Å²) in [5, 5.41) is 0. The highest BCUT2D eigenvalue weighted by Gasteiger charge is 2.34. The van der Waals surface area contributed by atoms with Crippen molar-refractivity contribution in [2.75, 3.05) is 0 Å². The van der Waals surface area contributed by atoms with Crippen molar-refractivity contribution in [1.82, 2.24) is 0 Å². The predicted octanol–water partition coefficient (Wildman–Crippen LogP) is 5.34. The Balaban J connectivity index is 1.45. The van der Waals surface area contributed by atoms with E-state index in [1.165, 1.54) is 64.2 Å². The summed E-state index contributed by atoms with van der Waals surface area (Å²) in [6, 6.07) is 0. The smallest absolute Gasteiger partial charge is 0.0199 e. The Morgan fingerprint density at radius 3 is 2.25 bits per heavy atom. The molecule has 0 aromatic carbocycles. The fourth-order valence-corrected chi connectivity index (χ4v) is 3.59. The molecule has 0 nitrogen and oxygen atoms in total. The van der Waals surface area contributed by atoms with E-state index in [1.54, 1.807) is 0 Å². The van der Waals surface area contributed by atoms with Gasteiger partial charge in [0, 0.05) is 0 Å². The third-order valence-corrected chi connectivity index (χ3v) is 4.59. The second-order valence-corrected chi connectivity index (χ2v) is 5.95. The standard InChI is InChI=1S/C16H28/c1-2-3-4-5-6-7-8-9-15-12-14-10-11-16(15)13-14/h10-11,14-16H,2-9,12-13H2,1H3. The van der Waals surface area contributed by atoms with Crippen LogP contribution in [0.3, 0.4) is 0 Å². The van der Waals surface area contributed by atoms with E-state index < -0.39 is 0 Å². The molecule has 0 amide bonds. The summed E-state index contributed by atoms with van der Waals surface area (Å²) in [5.74, 6) is 3.01. The molecule has 0 heterocycles. The molecule has 0 saturated heterocycles. The molecule has 0 N–H and O–H groups in total. The van der Waals surface area contributed by atoms with Crippen LogP contribution in [-0.2, 0) is 0 Å². The van der Waals surface area contributed by atoms with Crippen molar-refractivity contribution < 1.29 is 0 Å². The molecule has 0 spiro atoms. The average molecular weight is 220 g/mol. The predicted molar refractivity (Wildman–Crippen MR) is 71.5 cm³/mol. The minimum absolute atomic E-state index is 0.972. The fraction of sp³-hybridized carbons (Fsp3) is 0.875. The first-order chi connectivity index (χ1) is 7.90. The van der Waals surface area contributed by atoms with Gasteiger partial charge in [0.05, 0.1) is 0 Å². The van der Waals surface area contributed by atoms with Crippen LogP contribution in [-0.4, -0.2) is 0 Å². The monoisotopic (exact) mass is 220 g/mol.